The summed E-state index contributed by atoms with van der Waals surface area (Å²) in [6.07, 6.45) is 1.63. The van der Waals surface area contributed by atoms with Crippen LogP contribution in [0.15, 0.2) is 36.3 Å². The van der Waals surface area contributed by atoms with Crippen molar-refractivity contribution in [1.29, 1.82) is 5.26 Å². The second-order valence-corrected chi connectivity index (χ2v) is 3.14. The number of methoxy groups -OCH3 is 1. The Morgan fingerprint density at radius 1 is 1.33 bits per heavy atom. The van der Waals surface area contributed by atoms with Gasteiger partial charge in [0.1, 0.15) is 0 Å². The molecule has 74 valence electrons. The topological polar surface area (TPSA) is 53.2 Å². The molecule has 0 bridgehead atoms. The number of ether oxygens (including phenoxy) is 1. The number of aliphatic hydroxyl groups excluding tert-OH is 1. The van der Waals surface area contributed by atoms with Gasteiger partial charge in [0.25, 0.3) is 5.95 Å². The predicted octanol–water partition coefficient (Wildman–Crippen LogP) is 2.48. The molecule has 3 heteroatoms. The Hall–Kier alpha value is -2.21. The van der Waals surface area contributed by atoms with Crippen LogP contribution >= 0.6 is 0 Å². The maximum atomic E-state index is 9.52. The van der Waals surface area contributed by atoms with Gasteiger partial charge >= 0.3 is 0 Å². The van der Waals surface area contributed by atoms with E-state index in [0.29, 0.717) is 11.1 Å². The molecule has 0 saturated carbocycles. The van der Waals surface area contributed by atoms with Gasteiger partial charge in [-0.15, -0.1) is 0 Å². The highest BCUT2D eigenvalue weighted by atomic mass is 16.6. The lowest BCUT2D eigenvalue weighted by atomic mass is 10.1. The Balaban J connectivity index is 2.68. The van der Waals surface area contributed by atoms with Crippen molar-refractivity contribution in [3.63, 3.8) is 0 Å². The van der Waals surface area contributed by atoms with Crippen LogP contribution in [0.2, 0.25) is 0 Å². The van der Waals surface area contributed by atoms with Crippen LogP contribution in [0.4, 0.5) is 0 Å². The van der Waals surface area contributed by atoms with E-state index >= 15 is 0 Å². The Labute approximate surface area is 87.5 Å². The van der Waals surface area contributed by atoms with Crippen LogP contribution in [0, 0.1) is 11.3 Å². The highest BCUT2D eigenvalue weighted by Gasteiger charge is 2.21. The van der Waals surface area contributed by atoms with E-state index in [4.69, 9.17) is 10.00 Å². The molecule has 3 nitrogen and oxygen atoms in total. The van der Waals surface area contributed by atoms with Crippen LogP contribution in [0.1, 0.15) is 11.1 Å². The van der Waals surface area contributed by atoms with E-state index in [1.54, 1.807) is 6.08 Å². The third kappa shape index (κ3) is 1.36. The predicted molar refractivity (Wildman–Crippen MR) is 56.6 cm³/mol. The minimum absolute atomic E-state index is 0.160. The van der Waals surface area contributed by atoms with Crippen molar-refractivity contribution >= 4 is 11.1 Å². The maximum absolute atomic E-state index is 9.52. The van der Waals surface area contributed by atoms with Crippen molar-refractivity contribution in [1.82, 2.24) is 0 Å². The fourth-order valence-corrected chi connectivity index (χ4v) is 1.63. The highest BCUT2D eigenvalue weighted by molar-refractivity contribution is 6.00. The monoisotopic (exact) mass is 199 g/mol. The molecular formula is C12H9NO2. The van der Waals surface area contributed by atoms with Gasteiger partial charge in [0.05, 0.1) is 24.3 Å². The fraction of sp³-hybridized carbons (Fsp3) is 0.0833. The lowest BCUT2D eigenvalue weighted by Crippen LogP contribution is -1.89. The molecule has 2 rings (SSSR count). The zero-order valence-corrected chi connectivity index (χ0v) is 8.19. The molecule has 0 radical (unpaired) electrons. The van der Waals surface area contributed by atoms with Crippen LogP contribution < -0.4 is 0 Å². The second kappa shape index (κ2) is 3.50. The van der Waals surface area contributed by atoms with Crippen molar-refractivity contribution < 1.29 is 9.84 Å². The van der Waals surface area contributed by atoms with E-state index in [1.165, 1.54) is 7.11 Å². The molecule has 0 amide bonds. The normalized spacial score (nSPS) is 16.4. The van der Waals surface area contributed by atoms with Crippen molar-refractivity contribution in [2.24, 2.45) is 0 Å². The van der Waals surface area contributed by atoms with Gasteiger partial charge < -0.3 is 9.84 Å². The van der Waals surface area contributed by atoms with Crippen molar-refractivity contribution in [2.75, 3.05) is 7.11 Å². The number of nitriles is 1. The average molecular weight is 199 g/mol. The molecule has 0 aromatic heterocycles. The molecule has 0 saturated heterocycles. The molecule has 1 N–H and O–H groups in total. The number of hydrogen-bond acceptors (Lipinski definition) is 3. The van der Waals surface area contributed by atoms with E-state index in [-0.39, 0.29) is 5.95 Å². The number of benzene rings is 1. The van der Waals surface area contributed by atoms with E-state index < -0.39 is 0 Å². The van der Waals surface area contributed by atoms with E-state index in [0.717, 1.165) is 11.1 Å². The van der Waals surface area contributed by atoms with Crippen LogP contribution in [-0.2, 0) is 4.74 Å². The molecule has 0 heterocycles. The largest absolute Gasteiger partial charge is 0.481 e. The molecule has 0 fully saturated rings. The molecular weight excluding hydrogens is 190 g/mol. The van der Waals surface area contributed by atoms with Crippen LogP contribution in [0.3, 0.4) is 0 Å². The van der Waals surface area contributed by atoms with Crippen LogP contribution in [0.25, 0.3) is 11.1 Å². The Morgan fingerprint density at radius 2 is 2.00 bits per heavy atom. The van der Waals surface area contributed by atoms with E-state index in [2.05, 4.69) is 6.07 Å². The molecule has 0 atom stereocenters. The average Bonchev–Trinajstić information content (AvgIpc) is 2.67. The van der Waals surface area contributed by atoms with Gasteiger partial charge in [0, 0.05) is 5.56 Å². The minimum atomic E-state index is -0.160. The first-order valence-corrected chi connectivity index (χ1v) is 4.46. The molecule has 1 aliphatic rings. The summed E-state index contributed by atoms with van der Waals surface area (Å²) in [6, 6.07) is 9.50. The standard InChI is InChI=1S/C12H9NO2/c1-15-12(14)11-6-8(7-13)9-4-2-3-5-10(9)11/h2-6,14H,1H3. The minimum Gasteiger partial charge on any atom is -0.481 e. The van der Waals surface area contributed by atoms with Gasteiger partial charge in [-0.05, 0) is 11.6 Å². The highest BCUT2D eigenvalue weighted by Crippen LogP contribution is 2.35. The fourth-order valence-electron chi connectivity index (χ4n) is 1.63. The summed E-state index contributed by atoms with van der Waals surface area (Å²) < 4.78 is 4.76. The van der Waals surface area contributed by atoms with Crippen molar-refractivity contribution in [3.05, 3.63) is 47.4 Å². The summed E-state index contributed by atoms with van der Waals surface area (Å²) in [5, 5.41) is 18.4. The molecule has 0 spiro atoms. The quantitative estimate of drug-likeness (QED) is 0.707. The molecule has 1 aliphatic carbocycles. The molecule has 1 aromatic rings. The first kappa shape index (κ1) is 9.35. The van der Waals surface area contributed by atoms with Gasteiger partial charge in [-0.25, -0.2) is 0 Å². The number of rotatable bonds is 1. The number of hydrogen-bond donors (Lipinski definition) is 1. The third-order valence-corrected chi connectivity index (χ3v) is 2.34. The van der Waals surface area contributed by atoms with E-state index in [9.17, 15) is 5.11 Å². The molecule has 0 unspecified atom stereocenters. The van der Waals surface area contributed by atoms with Gasteiger partial charge in [0.2, 0.25) is 0 Å². The molecule has 1 aromatic carbocycles. The zero-order chi connectivity index (χ0) is 10.8. The van der Waals surface area contributed by atoms with Gasteiger partial charge in [-0.1, -0.05) is 24.3 Å². The Bertz CT molecular complexity index is 507. The van der Waals surface area contributed by atoms with Crippen molar-refractivity contribution in [3.8, 4) is 6.07 Å². The summed E-state index contributed by atoms with van der Waals surface area (Å²) in [6.45, 7) is 0. The summed E-state index contributed by atoms with van der Waals surface area (Å²) in [7, 11) is 1.39. The summed E-state index contributed by atoms with van der Waals surface area (Å²) in [5.41, 5.74) is 2.76. The van der Waals surface area contributed by atoms with Gasteiger partial charge in [0.15, 0.2) is 0 Å². The van der Waals surface area contributed by atoms with Crippen LogP contribution in [-0.4, -0.2) is 12.2 Å². The number of aliphatic hydroxyl groups is 1. The Kier molecular flexibility index (Phi) is 2.18. The van der Waals surface area contributed by atoms with Gasteiger partial charge in [-0.3, -0.25) is 0 Å². The van der Waals surface area contributed by atoms with Crippen molar-refractivity contribution in [2.45, 2.75) is 0 Å². The molecule has 15 heavy (non-hydrogen) atoms. The Morgan fingerprint density at radius 3 is 2.60 bits per heavy atom. The zero-order valence-electron chi connectivity index (χ0n) is 8.19. The number of allylic oxidation sites excluding steroid dienone is 3. The number of fused-ring (bicyclic) bond motifs is 1. The van der Waals surface area contributed by atoms with Crippen LogP contribution in [0.5, 0.6) is 0 Å². The summed E-state index contributed by atoms with van der Waals surface area (Å²) in [4.78, 5) is 0. The first-order valence-electron chi connectivity index (χ1n) is 4.46. The number of nitrogens with zero attached hydrogens (tertiary/aromatic N) is 1. The lowest BCUT2D eigenvalue weighted by Gasteiger charge is -2.03. The summed E-state index contributed by atoms with van der Waals surface area (Å²) in [5.74, 6) is -0.160. The molecule has 0 aliphatic heterocycles. The smallest absolute Gasteiger partial charge is 0.284 e. The van der Waals surface area contributed by atoms with E-state index in [1.807, 2.05) is 24.3 Å². The maximum Gasteiger partial charge on any atom is 0.284 e. The lowest BCUT2D eigenvalue weighted by molar-refractivity contribution is 0.139. The second-order valence-electron chi connectivity index (χ2n) is 3.14. The summed E-state index contributed by atoms with van der Waals surface area (Å²) >= 11 is 0. The third-order valence-electron chi connectivity index (χ3n) is 2.34. The first-order chi connectivity index (χ1) is 7.27. The van der Waals surface area contributed by atoms with Gasteiger partial charge in [-0.2, -0.15) is 5.26 Å². The SMILES string of the molecule is COC(O)=C1C=C(C#N)c2ccccc21.